The molecule has 108 valence electrons. The molecule has 6 heteroatoms. The van der Waals surface area contributed by atoms with Crippen LogP contribution in [0.2, 0.25) is 0 Å². The molecule has 1 N–H and O–H groups in total. The van der Waals surface area contributed by atoms with Gasteiger partial charge in [-0.05, 0) is 50.1 Å². The quantitative estimate of drug-likeness (QED) is 0.708. The molecule has 0 unspecified atom stereocenters. The fraction of sp³-hybridized carbons (Fsp3) is 0.286. The van der Waals surface area contributed by atoms with Crippen molar-refractivity contribution in [3.63, 3.8) is 0 Å². The molecule has 1 heterocycles. The second-order valence-electron chi connectivity index (χ2n) is 4.07. The number of halogens is 2. The van der Waals surface area contributed by atoms with Crippen LogP contribution in [0.5, 0.6) is 11.5 Å². The van der Waals surface area contributed by atoms with Crippen LogP contribution in [0, 0.1) is 0 Å². The molecule has 0 aliphatic carbocycles. The molecular weight excluding hydrogens is 390 g/mol. The van der Waals surface area contributed by atoms with Gasteiger partial charge in [0.25, 0.3) is 0 Å². The average molecular weight is 405 g/mol. The zero-order chi connectivity index (χ0) is 14.4. The maximum atomic E-state index is 5.72. The number of methoxy groups -OCH3 is 1. The second-order valence-corrected chi connectivity index (χ2v) is 5.78. The van der Waals surface area contributed by atoms with Gasteiger partial charge in [0.15, 0.2) is 0 Å². The highest BCUT2D eigenvalue weighted by molar-refractivity contribution is 9.11. The lowest BCUT2D eigenvalue weighted by Gasteiger charge is -2.11. The zero-order valence-electron chi connectivity index (χ0n) is 11.0. The molecule has 0 atom stereocenters. The van der Waals surface area contributed by atoms with Gasteiger partial charge in [-0.1, -0.05) is 0 Å². The van der Waals surface area contributed by atoms with E-state index in [1.165, 1.54) is 0 Å². The first-order chi connectivity index (χ1) is 9.70. The van der Waals surface area contributed by atoms with Crippen molar-refractivity contribution in [2.45, 2.75) is 6.54 Å². The Hall–Kier alpha value is -0.980. The van der Waals surface area contributed by atoms with Gasteiger partial charge >= 0.3 is 0 Å². The predicted octanol–water partition coefficient (Wildman–Crippen LogP) is 3.98. The maximum absolute atomic E-state index is 5.72. The van der Waals surface area contributed by atoms with Gasteiger partial charge in [-0.15, -0.1) is 0 Å². The molecule has 4 nitrogen and oxygen atoms in total. The lowest BCUT2D eigenvalue weighted by Crippen LogP contribution is -2.20. The molecule has 2 aromatic rings. The van der Waals surface area contributed by atoms with E-state index in [0.717, 1.165) is 39.1 Å². The summed E-state index contributed by atoms with van der Waals surface area (Å²) in [4.78, 5) is 0. The van der Waals surface area contributed by atoms with Crippen LogP contribution in [0.3, 0.4) is 0 Å². The summed E-state index contributed by atoms with van der Waals surface area (Å²) in [7, 11) is 1.63. The van der Waals surface area contributed by atoms with Crippen molar-refractivity contribution >= 4 is 31.9 Å². The lowest BCUT2D eigenvalue weighted by molar-refractivity contribution is 0.310. The minimum absolute atomic E-state index is 0.579. The Balaban J connectivity index is 1.78. The third-order valence-electron chi connectivity index (χ3n) is 2.65. The minimum Gasteiger partial charge on any atom is -0.496 e. The van der Waals surface area contributed by atoms with E-state index >= 15 is 0 Å². The van der Waals surface area contributed by atoms with Crippen LogP contribution in [-0.4, -0.2) is 20.3 Å². The van der Waals surface area contributed by atoms with E-state index in [-0.39, 0.29) is 0 Å². The third kappa shape index (κ3) is 4.26. The molecular formula is C14H15Br2NO3. The normalized spacial score (nSPS) is 10.6. The molecule has 0 radical (unpaired) electrons. The fourth-order valence-corrected chi connectivity index (χ4v) is 2.56. The van der Waals surface area contributed by atoms with E-state index in [4.69, 9.17) is 13.9 Å². The molecule has 0 aliphatic rings. The summed E-state index contributed by atoms with van der Waals surface area (Å²) in [5, 5.41) is 3.28. The van der Waals surface area contributed by atoms with Crippen LogP contribution < -0.4 is 14.8 Å². The van der Waals surface area contributed by atoms with Crippen LogP contribution in [-0.2, 0) is 6.54 Å². The Morgan fingerprint density at radius 1 is 1.20 bits per heavy atom. The van der Waals surface area contributed by atoms with Gasteiger partial charge in [0.2, 0.25) is 0 Å². The number of nitrogens with one attached hydrogen (secondary N) is 1. The molecule has 20 heavy (non-hydrogen) atoms. The zero-order valence-corrected chi connectivity index (χ0v) is 14.2. The summed E-state index contributed by atoms with van der Waals surface area (Å²) in [6.07, 6.45) is 3.39. The first kappa shape index (κ1) is 15.4. The summed E-state index contributed by atoms with van der Waals surface area (Å²) in [6, 6.07) is 5.70. The number of furan rings is 1. The van der Waals surface area contributed by atoms with E-state index in [1.807, 2.05) is 18.2 Å². The van der Waals surface area contributed by atoms with Crippen LogP contribution in [0.15, 0.2) is 44.1 Å². The highest BCUT2D eigenvalue weighted by Crippen LogP contribution is 2.35. The summed E-state index contributed by atoms with van der Waals surface area (Å²) >= 11 is 6.90. The largest absolute Gasteiger partial charge is 0.496 e. The molecule has 0 saturated heterocycles. The predicted molar refractivity (Wildman–Crippen MR) is 84.3 cm³/mol. The number of benzene rings is 1. The van der Waals surface area contributed by atoms with Gasteiger partial charge in [-0.3, -0.25) is 0 Å². The molecule has 2 rings (SSSR count). The van der Waals surface area contributed by atoms with Gasteiger partial charge in [0.1, 0.15) is 18.1 Å². The number of rotatable bonds is 7. The maximum Gasteiger partial charge on any atom is 0.134 e. The first-order valence-electron chi connectivity index (χ1n) is 6.08. The smallest absolute Gasteiger partial charge is 0.134 e. The summed E-state index contributed by atoms with van der Waals surface area (Å²) < 4.78 is 17.7. The van der Waals surface area contributed by atoms with Crippen molar-refractivity contribution in [1.29, 1.82) is 0 Å². The standard InChI is InChI=1S/C14H15Br2NO3/c1-18-13-6-12(16)14(7-11(13)15)20-5-3-17-8-10-2-4-19-9-10/h2,4,6-7,9,17H,3,5,8H2,1H3. The summed E-state index contributed by atoms with van der Waals surface area (Å²) in [5.74, 6) is 1.55. The molecule has 0 saturated carbocycles. The van der Waals surface area contributed by atoms with Crippen molar-refractivity contribution in [1.82, 2.24) is 5.32 Å². The third-order valence-corrected chi connectivity index (χ3v) is 3.89. The first-order valence-corrected chi connectivity index (χ1v) is 7.67. The molecule has 0 bridgehead atoms. The highest BCUT2D eigenvalue weighted by atomic mass is 79.9. The van der Waals surface area contributed by atoms with E-state index in [2.05, 4.69) is 37.2 Å². The Morgan fingerprint density at radius 2 is 1.95 bits per heavy atom. The molecule has 0 aliphatic heterocycles. The second kappa shape index (κ2) is 7.71. The van der Waals surface area contributed by atoms with Crippen molar-refractivity contribution in [2.24, 2.45) is 0 Å². The van der Waals surface area contributed by atoms with E-state index in [1.54, 1.807) is 19.6 Å². The van der Waals surface area contributed by atoms with Gasteiger partial charge in [0.05, 0.1) is 28.6 Å². The van der Waals surface area contributed by atoms with Crippen molar-refractivity contribution < 1.29 is 13.9 Å². The van der Waals surface area contributed by atoms with Crippen LogP contribution in [0.1, 0.15) is 5.56 Å². The Morgan fingerprint density at radius 3 is 2.65 bits per heavy atom. The SMILES string of the molecule is COc1cc(Br)c(OCCNCc2ccoc2)cc1Br. The molecule has 1 aromatic heterocycles. The fourth-order valence-electron chi connectivity index (χ4n) is 1.64. The van der Waals surface area contributed by atoms with Gasteiger partial charge in [0, 0.05) is 18.7 Å². The van der Waals surface area contributed by atoms with Gasteiger partial charge < -0.3 is 19.2 Å². The van der Waals surface area contributed by atoms with Crippen LogP contribution in [0.25, 0.3) is 0 Å². The summed E-state index contributed by atoms with van der Waals surface area (Å²) in [5.41, 5.74) is 1.12. The van der Waals surface area contributed by atoms with Crippen molar-refractivity contribution in [3.8, 4) is 11.5 Å². The van der Waals surface area contributed by atoms with Gasteiger partial charge in [-0.25, -0.2) is 0 Å². The Kier molecular flexibility index (Phi) is 5.94. The van der Waals surface area contributed by atoms with Gasteiger partial charge in [-0.2, -0.15) is 0 Å². The van der Waals surface area contributed by atoms with Crippen LogP contribution >= 0.6 is 31.9 Å². The number of hydrogen-bond donors (Lipinski definition) is 1. The monoisotopic (exact) mass is 403 g/mol. The number of hydrogen-bond acceptors (Lipinski definition) is 4. The van der Waals surface area contributed by atoms with E-state index < -0.39 is 0 Å². The Bertz CT molecular complexity index is 544. The summed E-state index contributed by atoms with van der Waals surface area (Å²) in [6.45, 7) is 2.10. The highest BCUT2D eigenvalue weighted by Gasteiger charge is 2.07. The topological polar surface area (TPSA) is 43.6 Å². The molecule has 0 fully saturated rings. The van der Waals surface area contributed by atoms with Crippen molar-refractivity contribution in [2.75, 3.05) is 20.3 Å². The Labute approximate surface area is 134 Å². The molecule has 1 aromatic carbocycles. The van der Waals surface area contributed by atoms with Crippen LogP contribution in [0.4, 0.5) is 0 Å². The minimum atomic E-state index is 0.579. The molecule has 0 amide bonds. The van der Waals surface area contributed by atoms with Crippen molar-refractivity contribution in [3.05, 3.63) is 45.2 Å². The number of ether oxygens (including phenoxy) is 2. The van der Waals surface area contributed by atoms with E-state index in [0.29, 0.717) is 6.61 Å². The average Bonchev–Trinajstić information content (AvgIpc) is 2.95. The molecule has 0 spiro atoms. The van der Waals surface area contributed by atoms with E-state index in [9.17, 15) is 0 Å². The lowest BCUT2D eigenvalue weighted by atomic mass is 10.3.